The van der Waals surface area contributed by atoms with Gasteiger partial charge in [0.25, 0.3) is 11.6 Å². The zero-order valence-corrected chi connectivity index (χ0v) is 13.6. The Kier molecular flexibility index (Phi) is 4.39. The summed E-state index contributed by atoms with van der Waals surface area (Å²) in [6.07, 6.45) is 1.60. The molecule has 0 saturated carbocycles. The van der Waals surface area contributed by atoms with E-state index in [2.05, 4.69) is 10.4 Å². The molecule has 24 heavy (non-hydrogen) atoms. The number of carbonyl (C=O) groups is 1. The summed E-state index contributed by atoms with van der Waals surface area (Å²) in [6.45, 7) is 2.45. The number of hydrogen-bond donors (Lipinski definition) is 1. The van der Waals surface area contributed by atoms with Gasteiger partial charge in [-0.25, -0.2) is 4.68 Å². The second-order valence-electron chi connectivity index (χ2n) is 5.13. The largest absolute Gasteiger partial charge is 0.346 e. The standard InChI is InChI=1S/C16H14N4O3S/c1-11-6-8-24-15(11)10-17-16(21)14-5-7-19(18-14)12-3-2-4-13(9-12)20(22)23/h2-9H,10H2,1H3,(H,17,21). The second kappa shape index (κ2) is 6.63. The molecular formula is C16H14N4O3S. The summed E-state index contributed by atoms with van der Waals surface area (Å²) in [5, 5.41) is 19.8. The summed E-state index contributed by atoms with van der Waals surface area (Å²) in [6, 6.07) is 9.66. The first-order chi connectivity index (χ1) is 11.5. The van der Waals surface area contributed by atoms with Crippen molar-refractivity contribution in [2.45, 2.75) is 13.5 Å². The van der Waals surface area contributed by atoms with Gasteiger partial charge < -0.3 is 5.32 Å². The van der Waals surface area contributed by atoms with Crippen LogP contribution in [-0.2, 0) is 6.54 Å². The molecule has 2 aromatic heterocycles. The normalized spacial score (nSPS) is 10.5. The predicted molar refractivity (Wildman–Crippen MR) is 90.4 cm³/mol. The summed E-state index contributed by atoms with van der Waals surface area (Å²) in [5.41, 5.74) is 1.90. The van der Waals surface area contributed by atoms with Crippen LogP contribution in [-0.4, -0.2) is 20.6 Å². The summed E-state index contributed by atoms with van der Waals surface area (Å²) in [7, 11) is 0. The van der Waals surface area contributed by atoms with E-state index in [9.17, 15) is 14.9 Å². The van der Waals surface area contributed by atoms with Crippen LogP contribution in [0, 0.1) is 17.0 Å². The third kappa shape index (κ3) is 3.33. The molecule has 0 fully saturated rings. The zero-order chi connectivity index (χ0) is 17.1. The molecule has 2 heterocycles. The van der Waals surface area contributed by atoms with Crippen LogP contribution in [0.1, 0.15) is 20.9 Å². The average Bonchev–Trinajstić information content (AvgIpc) is 3.22. The van der Waals surface area contributed by atoms with E-state index < -0.39 is 4.92 Å². The van der Waals surface area contributed by atoms with E-state index in [0.29, 0.717) is 12.2 Å². The van der Waals surface area contributed by atoms with Crippen LogP contribution in [0.25, 0.3) is 5.69 Å². The first kappa shape index (κ1) is 15.9. The van der Waals surface area contributed by atoms with Crippen molar-refractivity contribution in [3.8, 4) is 5.69 Å². The summed E-state index contributed by atoms with van der Waals surface area (Å²) in [4.78, 5) is 23.6. The molecule has 0 unspecified atom stereocenters. The maximum atomic E-state index is 12.2. The summed E-state index contributed by atoms with van der Waals surface area (Å²) >= 11 is 1.59. The van der Waals surface area contributed by atoms with Gasteiger partial charge >= 0.3 is 0 Å². The molecule has 8 heteroatoms. The van der Waals surface area contributed by atoms with E-state index >= 15 is 0 Å². The minimum absolute atomic E-state index is 0.0258. The highest BCUT2D eigenvalue weighted by molar-refractivity contribution is 7.10. The SMILES string of the molecule is Cc1ccsc1CNC(=O)c1ccn(-c2cccc([N+](=O)[O-])c2)n1. The van der Waals surface area contributed by atoms with Crippen LogP contribution in [0.3, 0.4) is 0 Å². The summed E-state index contributed by atoms with van der Waals surface area (Å²) in [5.74, 6) is -0.285. The van der Waals surface area contributed by atoms with Crippen molar-refractivity contribution < 1.29 is 9.72 Å². The van der Waals surface area contributed by atoms with Crippen molar-refractivity contribution in [3.63, 3.8) is 0 Å². The Hall–Kier alpha value is -3.00. The average molecular weight is 342 g/mol. The molecule has 122 valence electrons. The quantitative estimate of drug-likeness (QED) is 0.570. The van der Waals surface area contributed by atoms with Crippen LogP contribution in [0.4, 0.5) is 5.69 Å². The number of carbonyl (C=O) groups excluding carboxylic acids is 1. The Morgan fingerprint density at radius 1 is 1.38 bits per heavy atom. The van der Waals surface area contributed by atoms with Gasteiger partial charge in [-0.05, 0) is 36.1 Å². The van der Waals surface area contributed by atoms with Crippen LogP contribution >= 0.6 is 11.3 Å². The number of thiophene rings is 1. The molecule has 0 saturated heterocycles. The van der Waals surface area contributed by atoms with Crippen molar-refractivity contribution >= 4 is 22.9 Å². The lowest BCUT2D eigenvalue weighted by molar-refractivity contribution is -0.384. The number of benzene rings is 1. The molecule has 0 atom stereocenters. The smallest absolute Gasteiger partial charge is 0.272 e. The van der Waals surface area contributed by atoms with Gasteiger partial charge in [0.15, 0.2) is 5.69 Å². The number of non-ortho nitro benzene ring substituents is 1. The van der Waals surface area contributed by atoms with Crippen molar-refractivity contribution in [3.05, 3.63) is 74.2 Å². The van der Waals surface area contributed by atoms with E-state index in [0.717, 1.165) is 10.4 Å². The van der Waals surface area contributed by atoms with E-state index in [-0.39, 0.29) is 17.3 Å². The Balaban J connectivity index is 1.73. The molecule has 7 nitrogen and oxygen atoms in total. The van der Waals surface area contributed by atoms with Crippen LogP contribution in [0.2, 0.25) is 0 Å². The lowest BCUT2D eigenvalue weighted by Gasteiger charge is -2.03. The van der Waals surface area contributed by atoms with Gasteiger partial charge in [-0.2, -0.15) is 5.10 Å². The van der Waals surface area contributed by atoms with Crippen molar-refractivity contribution in [2.24, 2.45) is 0 Å². The number of aromatic nitrogens is 2. The monoisotopic (exact) mass is 342 g/mol. The van der Waals surface area contributed by atoms with Crippen LogP contribution in [0.15, 0.2) is 48.0 Å². The van der Waals surface area contributed by atoms with Gasteiger partial charge in [0.1, 0.15) is 0 Å². The number of hydrogen-bond acceptors (Lipinski definition) is 5. The van der Waals surface area contributed by atoms with E-state index in [4.69, 9.17) is 0 Å². The number of aryl methyl sites for hydroxylation is 1. The molecule has 0 radical (unpaired) electrons. The second-order valence-corrected chi connectivity index (χ2v) is 6.13. The number of nitro groups is 1. The first-order valence-corrected chi connectivity index (χ1v) is 8.04. The number of rotatable bonds is 5. The fraction of sp³-hybridized carbons (Fsp3) is 0.125. The molecule has 3 aromatic rings. The minimum atomic E-state index is -0.468. The Bertz CT molecular complexity index is 900. The number of nitro benzene ring substituents is 1. The predicted octanol–water partition coefficient (Wildman–Crippen LogP) is 3.08. The third-order valence-electron chi connectivity index (χ3n) is 3.50. The molecular weight excluding hydrogens is 328 g/mol. The maximum absolute atomic E-state index is 12.2. The van der Waals surface area contributed by atoms with Gasteiger partial charge in [-0.3, -0.25) is 14.9 Å². The topological polar surface area (TPSA) is 90.1 Å². The lowest BCUT2D eigenvalue weighted by Crippen LogP contribution is -2.23. The number of nitrogens with one attached hydrogen (secondary N) is 1. The van der Waals surface area contributed by atoms with E-state index in [1.54, 1.807) is 35.7 Å². The first-order valence-electron chi connectivity index (χ1n) is 7.16. The Morgan fingerprint density at radius 2 is 2.21 bits per heavy atom. The molecule has 0 aliphatic rings. The van der Waals surface area contributed by atoms with Crippen LogP contribution < -0.4 is 5.32 Å². The molecule has 0 aliphatic carbocycles. The molecule has 1 N–H and O–H groups in total. The van der Waals surface area contributed by atoms with E-state index in [1.807, 2.05) is 18.4 Å². The highest BCUT2D eigenvalue weighted by Gasteiger charge is 2.12. The maximum Gasteiger partial charge on any atom is 0.272 e. The van der Waals surface area contributed by atoms with Crippen molar-refractivity contribution in [2.75, 3.05) is 0 Å². The van der Waals surface area contributed by atoms with Gasteiger partial charge in [0.05, 0.1) is 17.2 Å². The molecule has 1 amide bonds. The van der Waals surface area contributed by atoms with E-state index in [1.165, 1.54) is 16.8 Å². The highest BCUT2D eigenvalue weighted by Crippen LogP contribution is 2.17. The fourth-order valence-electron chi connectivity index (χ4n) is 2.17. The molecule has 0 bridgehead atoms. The highest BCUT2D eigenvalue weighted by atomic mass is 32.1. The van der Waals surface area contributed by atoms with Crippen molar-refractivity contribution in [1.82, 2.24) is 15.1 Å². The van der Waals surface area contributed by atoms with Gasteiger partial charge in [-0.1, -0.05) is 6.07 Å². The number of amides is 1. The number of nitrogens with zero attached hydrogens (tertiary/aromatic N) is 3. The van der Waals surface area contributed by atoms with Gasteiger partial charge in [0, 0.05) is 23.2 Å². The molecule has 0 aliphatic heterocycles. The minimum Gasteiger partial charge on any atom is -0.346 e. The van der Waals surface area contributed by atoms with Gasteiger partial charge in [0.2, 0.25) is 0 Å². The zero-order valence-electron chi connectivity index (χ0n) is 12.8. The lowest BCUT2D eigenvalue weighted by atomic mass is 10.3. The van der Waals surface area contributed by atoms with Crippen molar-refractivity contribution in [1.29, 1.82) is 0 Å². The fourth-order valence-corrected chi connectivity index (χ4v) is 3.02. The Morgan fingerprint density at radius 3 is 2.92 bits per heavy atom. The third-order valence-corrected chi connectivity index (χ3v) is 4.53. The molecule has 1 aromatic carbocycles. The molecule has 0 spiro atoms. The van der Waals surface area contributed by atoms with Gasteiger partial charge in [-0.15, -0.1) is 11.3 Å². The summed E-state index contributed by atoms with van der Waals surface area (Å²) < 4.78 is 1.44. The molecule has 3 rings (SSSR count). The Labute approximate surface area is 141 Å². The van der Waals surface area contributed by atoms with Crippen LogP contribution in [0.5, 0.6) is 0 Å².